The largest absolute Gasteiger partial charge is 0.507 e. The number of carbonyl (C=O) groups excluding carboxylic acids is 5. The predicted octanol–water partition coefficient (Wildman–Crippen LogP) is 6.43. The van der Waals surface area contributed by atoms with Crippen LogP contribution >= 0.6 is 0 Å². The van der Waals surface area contributed by atoms with Crippen molar-refractivity contribution in [2.45, 2.75) is 110 Å². The van der Waals surface area contributed by atoms with E-state index in [1.807, 2.05) is 30.3 Å². The minimum atomic E-state index is -1.28. The summed E-state index contributed by atoms with van der Waals surface area (Å²) in [7, 11) is 1.47. The summed E-state index contributed by atoms with van der Waals surface area (Å²) in [6, 6.07) is 17.0. The smallest absolute Gasteiger partial charge is 0.226 e. The molecule has 0 unspecified atom stereocenters. The number of nitrogens with two attached hydrogens (primary N) is 2. The number of aryl methyl sites for hydroxylation is 2. The quantitative estimate of drug-likeness (QED) is 0.0888. The van der Waals surface area contributed by atoms with Crippen molar-refractivity contribution in [1.82, 2.24) is 20.2 Å². The number of fused-ring (bicyclic) bond motifs is 5. The summed E-state index contributed by atoms with van der Waals surface area (Å²) in [6.07, 6.45) is 5.38. The van der Waals surface area contributed by atoms with Crippen molar-refractivity contribution in [2.24, 2.45) is 23.3 Å². The molecule has 66 heavy (non-hydrogen) atoms. The number of Topliss-reactive ketones (excluding diaryl/α,β-unsaturated/α-hetero) is 3. The summed E-state index contributed by atoms with van der Waals surface area (Å²) in [5, 5.41) is 23.4. The van der Waals surface area contributed by atoms with Gasteiger partial charge in [0.15, 0.2) is 23.2 Å². The van der Waals surface area contributed by atoms with Crippen LogP contribution in [0.15, 0.2) is 60.7 Å². The van der Waals surface area contributed by atoms with Crippen molar-refractivity contribution in [3.63, 3.8) is 0 Å². The van der Waals surface area contributed by atoms with Gasteiger partial charge in [-0.1, -0.05) is 25.5 Å². The molecule has 0 saturated heterocycles. The zero-order chi connectivity index (χ0) is 47.5. The number of carbonyl (C=O) groups is 5. The lowest BCUT2D eigenvalue weighted by Crippen LogP contribution is -2.46. The number of rotatable bonds is 16. The average Bonchev–Trinajstić information content (AvgIpc) is 3.30. The first-order valence-corrected chi connectivity index (χ1v) is 22.9. The standard InChI is InChI=1S/C51H61N7O8/c1-30-25-45(62)48(35-15-18-42(59)39(28-35)40-26-33(12-19-46(40)65-24-23-54)27-41(57-50(30)63)43(60)11-8-21-52)58(4)51(64)36(20-22-53)29-44(61)47-31(2)55-49(56-32(47)3)34-13-16-38(17-14-34)66-37-9-6-5-7-10-37/h12-19,26,28,30,36-37,41,48,59H,5-11,20,22-25,27,29,53-54H2,1-4H3,(H,57,63)/t30-,36-,41+,48+/m1/s1. The minimum absolute atomic E-state index is 0.0409. The fourth-order valence-electron chi connectivity index (χ4n) is 8.99. The van der Waals surface area contributed by atoms with Crippen LogP contribution in [0.3, 0.4) is 0 Å². The molecule has 2 aliphatic rings. The third kappa shape index (κ3) is 11.8. The molecule has 0 radical (unpaired) electrons. The Morgan fingerprint density at radius 3 is 2.32 bits per heavy atom. The zero-order valence-corrected chi connectivity index (χ0v) is 38.3. The van der Waals surface area contributed by atoms with Crippen molar-refractivity contribution < 1.29 is 38.6 Å². The molecule has 6 rings (SSSR count). The second-order valence-corrected chi connectivity index (χ2v) is 17.5. The van der Waals surface area contributed by atoms with Gasteiger partial charge in [0.2, 0.25) is 11.8 Å². The summed E-state index contributed by atoms with van der Waals surface area (Å²) in [4.78, 5) is 81.3. The first kappa shape index (κ1) is 48.9. The Bertz CT molecular complexity index is 2440. The lowest BCUT2D eigenvalue weighted by Gasteiger charge is -2.32. The van der Waals surface area contributed by atoms with Crippen molar-refractivity contribution >= 4 is 29.2 Å². The van der Waals surface area contributed by atoms with Gasteiger partial charge in [-0.3, -0.25) is 24.0 Å². The van der Waals surface area contributed by atoms with Crippen molar-refractivity contribution in [3.05, 3.63) is 88.7 Å². The minimum Gasteiger partial charge on any atom is -0.507 e. The Morgan fingerprint density at radius 2 is 1.65 bits per heavy atom. The van der Waals surface area contributed by atoms with E-state index in [2.05, 4.69) is 5.32 Å². The Labute approximate surface area is 386 Å². The van der Waals surface area contributed by atoms with Gasteiger partial charge in [-0.05, 0) is 119 Å². The molecular formula is C51H61N7O8. The van der Waals surface area contributed by atoms with E-state index in [1.165, 1.54) is 37.3 Å². The van der Waals surface area contributed by atoms with Gasteiger partial charge in [0, 0.05) is 67.8 Å². The van der Waals surface area contributed by atoms with Crippen LogP contribution in [0.25, 0.3) is 22.5 Å². The molecule has 0 spiro atoms. The second kappa shape index (κ2) is 22.6. The van der Waals surface area contributed by atoms with E-state index in [1.54, 1.807) is 51.1 Å². The molecule has 1 saturated carbocycles. The van der Waals surface area contributed by atoms with E-state index in [0.29, 0.717) is 45.2 Å². The predicted molar refractivity (Wildman–Crippen MR) is 248 cm³/mol. The lowest BCUT2D eigenvalue weighted by molar-refractivity contribution is -0.142. The summed E-state index contributed by atoms with van der Waals surface area (Å²) in [6.45, 7) is 5.45. The maximum Gasteiger partial charge on any atom is 0.226 e. The molecule has 15 heteroatoms. The Kier molecular flexibility index (Phi) is 16.8. The highest BCUT2D eigenvalue weighted by Crippen LogP contribution is 2.40. The number of nitriles is 1. The van der Waals surface area contributed by atoms with Crippen LogP contribution in [-0.2, 0) is 25.6 Å². The number of phenolic OH excluding ortho intramolecular Hbond substituents is 1. The fourth-order valence-corrected chi connectivity index (χ4v) is 8.99. The first-order chi connectivity index (χ1) is 31.7. The molecule has 6 N–H and O–H groups in total. The number of nitrogens with zero attached hydrogens (tertiary/aromatic N) is 4. The van der Waals surface area contributed by atoms with Crippen molar-refractivity contribution in [3.8, 4) is 45.8 Å². The normalized spacial score (nSPS) is 18.3. The van der Waals surface area contributed by atoms with Gasteiger partial charge < -0.3 is 36.3 Å². The van der Waals surface area contributed by atoms with E-state index in [4.69, 9.17) is 30.9 Å². The number of amides is 2. The SMILES string of the molecule is Cc1nc(-c2ccc(OC3CCCCC3)cc2)nc(C)c1C(=O)C[C@@H](CCN)C(=O)N(C)[C@@H]1C(=O)C[C@@H](C)C(=O)N[C@H](C(=O)CCC#N)Cc2ccc(OCCN)c(c2)-c2cc1ccc2O. The molecule has 348 valence electrons. The van der Waals surface area contributed by atoms with E-state index in [0.717, 1.165) is 24.2 Å². The number of likely N-dealkylation sites (N-methyl/N-ethyl adjacent to an activating group) is 1. The summed E-state index contributed by atoms with van der Waals surface area (Å²) in [5.41, 5.74) is 15.5. The first-order valence-electron chi connectivity index (χ1n) is 22.9. The van der Waals surface area contributed by atoms with Crippen LogP contribution in [0.4, 0.5) is 0 Å². The van der Waals surface area contributed by atoms with Gasteiger partial charge in [0.1, 0.15) is 29.9 Å². The number of ketones is 3. The molecule has 1 fully saturated rings. The molecule has 2 amide bonds. The molecule has 4 aromatic rings. The molecular weight excluding hydrogens is 839 g/mol. The number of phenols is 1. The van der Waals surface area contributed by atoms with Crippen molar-refractivity contribution in [1.29, 1.82) is 5.26 Å². The number of hydrogen-bond acceptors (Lipinski definition) is 13. The molecule has 4 bridgehead atoms. The Morgan fingerprint density at radius 1 is 0.939 bits per heavy atom. The van der Waals surface area contributed by atoms with Crippen LogP contribution in [-0.4, -0.2) is 88.0 Å². The van der Waals surface area contributed by atoms with Gasteiger partial charge in [0.25, 0.3) is 0 Å². The third-order valence-electron chi connectivity index (χ3n) is 12.5. The van der Waals surface area contributed by atoms with E-state index >= 15 is 0 Å². The lowest BCUT2D eigenvalue weighted by atomic mass is 9.88. The molecule has 1 aliphatic carbocycles. The van der Waals surface area contributed by atoms with Gasteiger partial charge in [0.05, 0.1) is 35.2 Å². The summed E-state index contributed by atoms with van der Waals surface area (Å²) < 4.78 is 12.2. The third-order valence-corrected chi connectivity index (χ3v) is 12.5. The highest BCUT2D eigenvalue weighted by molar-refractivity contribution is 6.01. The number of aromatic nitrogens is 2. The zero-order valence-electron chi connectivity index (χ0n) is 38.3. The molecule has 1 aliphatic heterocycles. The van der Waals surface area contributed by atoms with E-state index < -0.39 is 41.5 Å². The summed E-state index contributed by atoms with van der Waals surface area (Å²) in [5.74, 6) is -2.71. The Hall–Kier alpha value is -6.50. The van der Waals surface area contributed by atoms with Crippen LogP contribution in [0, 0.1) is 37.0 Å². The number of benzene rings is 3. The number of hydrogen-bond donors (Lipinski definition) is 4. The maximum absolute atomic E-state index is 14.7. The molecule has 15 nitrogen and oxygen atoms in total. The molecule has 1 aromatic heterocycles. The van der Waals surface area contributed by atoms with Crippen LogP contribution in [0.2, 0.25) is 0 Å². The van der Waals surface area contributed by atoms with Crippen LogP contribution < -0.4 is 26.3 Å². The van der Waals surface area contributed by atoms with Crippen LogP contribution in [0.5, 0.6) is 17.2 Å². The van der Waals surface area contributed by atoms with Crippen LogP contribution in [0.1, 0.15) is 110 Å². The number of aromatic hydroxyl groups is 1. The number of ether oxygens (including phenoxy) is 2. The van der Waals surface area contributed by atoms with Gasteiger partial charge in [-0.15, -0.1) is 0 Å². The van der Waals surface area contributed by atoms with Gasteiger partial charge >= 0.3 is 0 Å². The monoisotopic (exact) mass is 899 g/mol. The fraction of sp³-hybridized carbons (Fsp3) is 0.451. The van der Waals surface area contributed by atoms with Gasteiger partial charge in [-0.2, -0.15) is 5.26 Å². The average molecular weight is 900 g/mol. The van der Waals surface area contributed by atoms with Gasteiger partial charge in [-0.25, -0.2) is 9.97 Å². The second-order valence-electron chi connectivity index (χ2n) is 17.5. The number of nitrogens with one attached hydrogen (secondary N) is 1. The Balaban J connectivity index is 1.30. The summed E-state index contributed by atoms with van der Waals surface area (Å²) >= 11 is 0. The maximum atomic E-state index is 14.7. The molecule has 3 aromatic carbocycles. The highest BCUT2D eigenvalue weighted by Gasteiger charge is 2.36. The topological polar surface area (TPSA) is 241 Å². The molecule has 2 heterocycles. The highest BCUT2D eigenvalue weighted by atomic mass is 16.5. The van der Waals surface area contributed by atoms with Crippen molar-refractivity contribution in [2.75, 3.05) is 26.7 Å². The van der Waals surface area contributed by atoms with E-state index in [-0.39, 0.29) is 87.2 Å². The van der Waals surface area contributed by atoms with E-state index in [9.17, 15) is 34.3 Å². The molecule has 4 atom stereocenters.